The Bertz CT molecular complexity index is 1460. The van der Waals surface area contributed by atoms with Gasteiger partial charge < -0.3 is 14.7 Å². The van der Waals surface area contributed by atoms with Crippen LogP contribution in [0.2, 0.25) is 0 Å². The van der Waals surface area contributed by atoms with Crippen molar-refractivity contribution in [2.45, 2.75) is 46.0 Å². The van der Waals surface area contributed by atoms with Crippen LogP contribution < -0.4 is 9.64 Å². The number of aromatic nitrogens is 1. The molecule has 0 aliphatic carbocycles. The molecule has 5 nitrogen and oxygen atoms in total. The summed E-state index contributed by atoms with van der Waals surface area (Å²) in [6, 6.07) is 25.1. The van der Waals surface area contributed by atoms with E-state index in [0.29, 0.717) is 18.9 Å². The summed E-state index contributed by atoms with van der Waals surface area (Å²) in [5.74, 6) is 0.265. The first-order valence-electron chi connectivity index (χ1n) is 14.4. The average molecular weight is 553 g/mol. The van der Waals surface area contributed by atoms with E-state index in [1.54, 1.807) is 12.1 Å². The van der Waals surface area contributed by atoms with Crippen molar-refractivity contribution in [2.75, 3.05) is 24.6 Å². The van der Waals surface area contributed by atoms with Gasteiger partial charge in [-0.2, -0.15) is 0 Å². The molecule has 1 aliphatic rings. The summed E-state index contributed by atoms with van der Waals surface area (Å²) in [6.45, 7) is 6.17. The van der Waals surface area contributed by atoms with Crippen LogP contribution in [-0.4, -0.2) is 35.8 Å². The highest BCUT2D eigenvalue weighted by molar-refractivity contribution is 5.86. The quantitative estimate of drug-likeness (QED) is 0.225. The lowest BCUT2D eigenvalue weighted by Crippen LogP contribution is -2.36. The number of carboxylic acid groups (broad SMARTS) is 1. The summed E-state index contributed by atoms with van der Waals surface area (Å²) in [7, 11) is 0. The molecule has 3 aromatic carbocycles. The fraction of sp³-hybridized carbons (Fsp3) is 0.314. The number of nitrogens with zero attached hydrogens (tertiary/aromatic N) is 2. The van der Waals surface area contributed by atoms with Gasteiger partial charge in [0.25, 0.3) is 0 Å². The van der Waals surface area contributed by atoms with Gasteiger partial charge in [0, 0.05) is 42.0 Å². The Morgan fingerprint density at radius 1 is 0.927 bits per heavy atom. The number of ether oxygens (including phenoxy) is 1. The highest BCUT2D eigenvalue weighted by Crippen LogP contribution is 2.40. The van der Waals surface area contributed by atoms with Crippen LogP contribution in [0.15, 0.2) is 78.9 Å². The maximum absolute atomic E-state index is 13.2. The van der Waals surface area contributed by atoms with E-state index in [2.05, 4.69) is 35.2 Å². The topological polar surface area (TPSA) is 62.7 Å². The third-order valence-corrected chi connectivity index (χ3v) is 8.00. The van der Waals surface area contributed by atoms with E-state index in [1.165, 1.54) is 17.7 Å². The molecule has 0 atom stereocenters. The van der Waals surface area contributed by atoms with E-state index in [9.17, 15) is 14.3 Å². The molecule has 0 saturated carbocycles. The molecule has 2 heterocycles. The number of carboxylic acids is 1. The Hall–Kier alpha value is -4.19. The van der Waals surface area contributed by atoms with Crippen LogP contribution >= 0.6 is 0 Å². The number of hydrogen-bond acceptors (Lipinski definition) is 4. The summed E-state index contributed by atoms with van der Waals surface area (Å²) < 4.78 is 19.1. The first-order chi connectivity index (χ1) is 19.9. The second-order valence-corrected chi connectivity index (χ2v) is 10.9. The van der Waals surface area contributed by atoms with E-state index in [0.717, 1.165) is 77.4 Å². The molecule has 1 aromatic heterocycles. The predicted molar refractivity (Wildman–Crippen MR) is 161 cm³/mol. The molecule has 0 unspecified atom stereocenters. The van der Waals surface area contributed by atoms with Crippen LogP contribution in [0.4, 0.5) is 10.1 Å². The minimum Gasteiger partial charge on any atom is -0.493 e. The number of rotatable bonds is 10. The standard InChI is InChI=1S/C35H37FN2O3/c1-24-32(23-33(39)40)35(38-19-16-28(17-20-38)22-27-6-4-3-5-7-27)34(25(2)37-24)29-10-14-31(15-11-29)41-21-18-26-8-12-30(36)13-9-26/h3-15,28H,16-23H2,1-2H3,(H,39,40). The van der Waals surface area contributed by atoms with Crippen molar-refractivity contribution in [1.29, 1.82) is 0 Å². The van der Waals surface area contributed by atoms with E-state index in [4.69, 9.17) is 9.72 Å². The van der Waals surface area contributed by atoms with Crippen LogP contribution in [0, 0.1) is 25.6 Å². The molecule has 41 heavy (non-hydrogen) atoms. The van der Waals surface area contributed by atoms with Gasteiger partial charge in [0.2, 0.25) is 0 Å². The molecule has 212 valence electrons. The highest BCUT2D eigenvalue weighted by atomic mass is 19.1. The second kappa shape index (κ2) is 13.0. The van der Waals surface area contributed by atoms with Gasteiger partial charge in [-0.15, -0.1) is 0 Å². The van der Waals surface area contributed by atoms with Gasteiger partial charge in [-0.3, -0.25) is 9.78 Å². The molecule has 5 rings (SSSR count). The van der Waals surface area contributed by atoms with Crippen molar-refractivity contribution in [3.63, 3.8) is 0 Å². The monoisotopic (exact) mass is 552 g/mol. The molecule has 0 radical (unpaired) electrons. The third kappa shape index (κ3) is 7.12. The number of aliphatic carboxylic acids is 1. The first kappa shape index (κ1) is 28.3. The van der Waals surface area contributed by atoms with Crippen LogP contribution in [0.3, 0.4) is 0 Å². The fourth-order valence-electron chi connectivity index (χ4n) is 5.89. The minimum absolute atomic E-state index is 0.0596. The smallest absolute Gasteiger partial charge is 0.307 e. The van der Waals surface area contributed by atoms with E-state index in [1.807, 2.05) is 38.1 Å². The summed E-state index contributed by atoms with van der Waals surface area (Å²) in [5.41, 5.74) is 7.83. The molecule has 1 N–H and O–H groups in total. The zero-order chi connectivity index (χ0) is 28.8. The van der Waals surface area contributed by atoms with E-state index in [-0.39, 0.29) is 12.2 Å². The number of aryl methyl sites for hydroxylation is 2. The molecule has 0 amide bonds. The minimum atomic E-state index is -0.852. The van der Waals surface area contributed by atoms with E-state index < -0.39 is 5.97 Å². The van der Waals surface area contributed by atoms with Gasteiger partial charge in [-0.1, -0.05) is 54.6 Å². The summed E-state index contributed by atoms with van der Waals surface area (Å²) in [4.78, 5) is 19.1. The molecule has 6 heteroatoms. The Balaban J connectivity index is 1.36. The molecular formula is C35H37FN2O3. The van der Waals surface area contributed by atoms with Crippen molar-refractivity contribution in [3.8, 4) is 16.9 Å². The lowest BCUT2D eigenvalue weighted by molar-refractivity contribution is -0.136. The average Bonchev–Trinajstić information content (AvgIpc) is 2.97. The van der Waals surface area contributed by atoms with Gasteiger partial charge in [0.1, 0.15) is 11.6 Å². The van der Waals surface area contributed by atoms with Crippen molar-refractivity contribution < 1.29 is 19.0 Å². The number of piperidine rings is 1. The maximum atomic E-state index is 13.2. The number of hydrogen-bond donors (Lipinski definition) is 1. The summed E-state index contributed by atoms with van der Waals surface area (Å²) in [6.07, 6.45) is 3.81. The van der Waals surface area contributed by atoms with Gasteiger partial charge in [-0.05, 0) is 80.0 Å². The van der Waals surface area contributed by atoms with Crippen LogP contribution in [-0.2, 0) is 24.1 Å². The Morgan fingerprint density at radius 2 is 1.61 bits per heavy atom. The lowest BCUT2D eigenvalue weighted by Gasteiger charge is -2.37. The predicted octanol–water partition coefficient (Wildman–Crippen LogP) is 7.21. The molecule has 1 saturated heterocycles. The number of pyridine rings is 1. The normalized spacial score (nSPS) is 13.8. The summed E-state index contributed by atoms with van der Waals surface area (Å²) in [5, 5.41) is 9.78. The van der Waals surface area contributed by atoms with Crippen molar-refractivity contribution in [3.05, 3.63) is 113 Å². The maximum Gasteiger partial charge on any atom is 0.307 e. The Morgan fingerprint density at radius 3 is 2.27 bits per heavy atom. The van der Waals surface area contributed by atoms with Crippen LogP contribution in [0.25, 0.3) is 11.1 Å². The summed E-state index contributed by atoms with van der Waals surface area (Å²) >= 11 is 0. The van der Waals surface area contributed by atoms with Crippen molar-refractivity contribution >= 4 is 11.7 Å². The Kier molecular flexibility index (Phi) is 8.98. The number of benzene rings is 3. The largest absolute Gasteiger partial charge is 0.493 e. The van der Waals surface area contributed by atoms with Gasteiger partial charge in [-0.25, -0.2) is 4.39 Å². The first-order valence-corrected chi connectivity index (χ1v) is 14.4. The molecular weight excluding hydrogens is 515 g/mol. The van der Waals surface area contributed by atoms with Gasteiger partial charge in [0.15, 0.2) is 0 Å². The molecule has 4 aromatic rings. The second-order valence-electron chi connectivity index (χ2n) is 10.9. The van der Waals surface area contributed by atoms with E-state index >= 15 is 0 Å². The molecule has 0 bridgehead atoms. The zero-order valence-corrected chi connectivity index (χ0v) is 23.8. The number of halogens is 1. The fourth-order valence-corrected chi connectivity index (χ4v) is 5.89. The molecule has 1 fully saturated rings. The third-order valence-electron chi connectivity index (χ3n) is 8.00. The number of carbonyl (C=O) groups is 1. The lowest BCUT2D eigenvalue weighted by atomic mass is 9.88. The SMILES string of the molecule is Cc1nc(C)c(-c2ccc(OCCc3ccc(F)cc3)cc2)c(N2CCC(Cc3ccccc3)CC2)c1CC(=O)O. The molecule has 0 spiro atoms. The van der Waals surface area contributed by atoms with Gasteiger partial charge in [0.05, 0.1) is 18.7 Å². The van der Waals surface area contributed by atoms with Crippen molar-refractivity contribution in [1.82, 2.24) is 4.98 Å². The Labute approximate surface area is 241 Å². The number of anilines is 1. The highest BCUT2D eigenvalue weighted by Gasteiger charge is 2.27. The van der Waals surface area contributed by atoms with Crippen LogP contribution in [0.1, 0.15) is 40.9 Å². The zero-order valence-electron chi connectivity index (χ0n) is 23.8. The van der Waals surface area contributed by atoms with Crippen molar-refractivity contribution in [2.24, 2.45) is 5.92 Å². The van der Waals surface area contributed by atoms with Crippen LogP contribution in [0.5, 0.6) is 5.75 Å². The van der Waals surface area contributed by atoms with Gasteiger partial charge >= 0.3 is 5.97 Å². The molecule has 1 aliphatic heterocycles.